The molecule has 0 saturated heterocycles. The molecule has 0 aliphatic carbocycles. The van der Waals surface area contributed by atoms with E-state index in [2.05, 4.69) is 48.4 Å². The van der Waals surface area contributed by atoms with Crippen molar-refractivity contribution in [1.29, 1.82) is 0 Å². The highest BCUT2D eigenvalue weighted by Crippen LogP contribution is 2.23. The van der Waals surface area contributed by atoms with E-state index in [1.807, 2.05) is 6.07 Å². The molecule has 0 aromatic heterocycles. The maximum Gasteiger partial charge on any atom is 0.167 e. The van der Waals surface area contributed by atoms with Crippen molar-refractivity contribution in [3.63, 3.8) is 0 Å². The van der Waals surface area contributed by atoms with E-state index in [9.17, 15) is 4.39 Å². The highest BCUT2D eigenvalue weighted by Gasteiger charge is 2.15. The molecular weight excluding hydrogens is 307 g/mol. The summed E-state index contributed by atoms with van der Waals surface area (Å²) in [6.45, 7) is 6.36. The number of thiocarbonyl (C=S) groups is 1. The lowest BCUT2D eigenvalue weighted by molar-refractivity contribution is 0.621. The van der Waals surface area contributed by atoms with Crippen molar-refractivity contribution < 1.29 is 4.39 Å². The third kappa shape index (κ3) is 4.89. The van der Waals surface area contributed by atoms with Gasteiger partial charge < -0.3 is 10.6 Å². The Hall–Kier alpha value is -2.20. The van der Waals surface area contributed by atoms with E-state index >= 15 is 0 Å². The number of benzene rings is 2. The van der Waals surface area contributed by atoms with Crippen LogP contribution in [0.5, 0.6) is 0 Å². The highest BCUT2D eigenvalue weighted by molar-refractivity contribution is 7.80. The molecule has 0 radical (unpaired) electrons. The number of nitrogens with one attached hydrogen (secondary N) is 2. The zero-order chi connectivity index (χ0) is 16.7. The van der Waals surface area contributed by atoms with Gasteiger partial charge >= 0.3 is 0 Å². The minimum atomic E-state index is -0.260. The molecular formula is C19H21FN2S. The Morgan fingerprint density at radius 2 is 1.96 bits per heavy atom. The van der Waals surface area contributed by atoms with Gasteiger partial charge in [0.2, 0.25) is 0 Å². The first-order valence-corrected chi connectivity index (χ1v) is 8.04. The minimum Gasteiger partial charge on any atom is -0.359 e. The molecule has 0 heterocycles. The van der Waals surface area contributed by atoms with E-state index in [0.29, 0.717) is 11.7 Å². The van der Waals surface area contributed by atoms with Crippen LogP contribution in [0.4, 0.5) is 4.39 Å². The molecule has 0 unspecified atom stereocenters. The molecule has 0 amide bonds. The van der Waals surface area contributed by atoms with Crippen molar-refractivity contribution in [2.24, 2.45) is 0 Å². The summed E-state index contributed by atoms with van der Waals surface area (Å²) in [5, 5.41) is 6.82. The number of aryl methyl sites for hydroxylation is 1. The largest absolute Gasteiger partial charge is 0.359 e. The van der Waals surface area contributed by atoms with Crippen molar-refractivity contribution in [3.05, 3.63) is 83.7 Å². The molecule has 0 aliphatic rings. The Balaban J connectivity index is 2.29. The number of halogens is 1. The molecule has 1 atom stereocenters. The molecule has 2 nitrogen and oxygen atoms in total. The van der Waals surface area contributed by atoms with Crippen LogP contribution >= 0.6 is 12.2 Å². The van der Waals surface area contributed by atoms with Gasteiger partial charge in [-0.3, -0.25) is 0 Å². The fraction of sp³-hybridized carbons (Fsp3) is 0.211. The lowest BCUT2D eigenvalue weighted by atomic mass is 9.97. The number of hydrogen-bond acceptors (Lipinski definition) is 1. The molecule has 0 aliphatic heterocycles. The van der Waals surface area contributed by atoms with Crippen LogP contribution in [0.3, 0.4) is 0 Å². The molecule has 0 fully saturated rings. The van der Waals surface area contributed by atoms with Gasteiger partial charge in [-0.2, -0.15) is 0 Å². The smallest absolute Gasteiger partial charge is 0.167 e. The zero-order valence-electron chi connectivity index (χ0n) is 13.2. The first-order chi connectivity index (χ1) is 11.1. The van der Waals surface area contributed by atoms with Crippen molar-refractivity contribution in [1.82, 2.24) is 10.6 Å². The van der Waals surface area contributed by atoms with Crippen LogP contribution in [0, 0.1) is 5.82 Å². The van der Waals surface area contributed by atoms with Gasteiger partial charge in [-0.15, -0.1) is 6.58 Å². The average molecular weight is 328 g/mol. The zero-order valence-corrected chi connectivity index (χ0v) is 14.0. The predicted octanol–water partition coefficient (Wildman–Crippen LogP) is 4.13. The van der Waals surface area contributed by atoms with E-state index in [1.165, 1.54) is 17.7 Å². The Morgan fingerprint density at radius 3 is 2.57 bits per heavy atom. The number of rotatable bonds is 6. The average Bonchev–Trinajstić information content (AvgIpc) is 2.58. The first-order valence-electron chi connectivity index (χ1n) is 7.63. The van der Waals surface area contributed by atoms with Crippen LogP contribution in [-0.2, 0) is 6.42 Å². The summed E-state index contributed by atoms with van der Waals surface area (Å²) in [6, 6.07) is 14.6. The van der Waals surface area contributed by atoms with E-state index < -0.39 is 0 Å². The summed E-state index contributed by atoms with van der Waals surface area (Å²) >= 11 is 5.31. The summed E-state index contributed by atoms with van der Waals surface area (Å²) < 4.78 is 13.6. The maximum absolute atomic E-state index is 13.6. The van der Waals surface area contributed by atoms with Gasteiger partial charge in [0.15, 0.2) is 5.11 Å². The monoisotopic (exact) mass is 328 g/mol. The van der Waals surface area contributed by atoms with Gasteiger partial charge in [-0.1, -0.05) is 49.4 Å². The quantitative estimate of drug-likeness (QED) is 0.616. The van der Waals surface area contributed by atoms with E-state index in [1.54, 1.807) is 12.1 Å². The minimum absolute atomic E-state index is 0.207. The Labute approximate surface area is 142 Å². The summed E-state index contributed by atoms with van der Waals surface area (Å²) in [5.74, 6) is -0.260. The normalized spacial score (nSPS) is 11.6. The third-order valence-corrected chi connectivity index (χ3v) is 3.85. The predicted molar refractivity (Wildman–Crippen MR) is 98.0 cm³/mol. The standard InChI is InChI=1S/C19H21FN2S/c1-3-12-21-19(23)22-18(16-6-5-7-17(20)13-16)15-10-8-14(4-2)9-11-15/h3,5-11,13,18H,1,4,12H2,2H3,(H2,21,22,23)/t18-/m0/s1. The summed E-state index contributed by atoms with van der Waals surface area (Å²) in [5.41, 5.74) is 3.13. The molecule has 0 bridgehead atoms. The molecule has 2 aromatic rings. The lowest BCUT2D eigenvalue weighted by Crippen LogP contribution is -2.38. The van der Waals surface area contributed by atoms with Gasteiger partial charge in [0, 0.05) is 6.54 Å². The number of hydrogen-bond donors (Lipinski definition) is 2. The summed E-state index contributed by atoms with van der Waals surface area (Å²) in [7, 11) is 0. The Bertz CT molecular complexity index is 667. The van der Waals surface area contributed by atoms with Crippen molar-refractivity contribution in [2.45, 2.75) is 19.4 Å². The topological polar surface area (TPSA) is 24.1 Å². The van der Waals surface area contributed by atoms with Crippen LogP contribution < -0.4 is 10.6 Å². The van der Waals surface area contributed by atoms with Crippen molar-refractivity contribution >= 4 is 17.3 Å². The van der Waals surface area contributed by atoms with E-state index in [-0.39, 0.29) is 11.9 Å². The Morgan fingerprint density at radius 1 is 1.22 bits per heavy atom. The van der Waals surface area contributed by atoms with Gasteiger partial charge in [0.05, 0.1) is 6.04 Å². The molecule has 2 aromatic carbocycles. The van der Waals surface area contributed by atoms with Crippen LogP contribution in [0.2, 0.25) is 0 Å². The van der Waals surface area contributed by atoms with Gasteiger partial charge in [0.1, 0.15) is 5.82 Å². The van der Waals surface area contributed by atoms with Crippen LogP contribution in [0.25, 0.3) is 0 Å². The Kier molecular flexibility index (Phi) is 6.29. The SMILES string of the molecule is C=CCNC(=S)N[C@@H](c1ccc(CC)cc1)c1cccc(F)c1. The second-order valence-corrected chi connectivity index (χ2v) is 5.63. The molecule has 4 heteroatoms. The van der Waals surface area contributed by atoms with E-state index in [0.717, 1.165) is 17.5 Å². The van der Waals surface area contributed by atoms with Gasteiger partial charge in [0.25, 0.3) is 0 Å². The third-order valence-electron chi connectivity index (χ3n) is 3.59. The van der Waals surface area contributed by atoms with Gasteiger partial charge in [-0.05, 0) is 47.5 Å². The van der Waals surface area contributed by atoms with Crippen molar-refractivity contribution in [2.75, 3.05) is 6.54 Å². The van der Waals surface area contributed by atoms with Crippen molar-refractivity contribution in [3.8, 4) is 0 Å². The second-order valence-electron chi connectivity index (χ2n) is 5.23. The maximum atomic E-state index is 13.6. The molecule has 2 rings (SSSR count). The fourth-order valence-corrected chi connectivity index (χ4v) is 2.54. The van der Waals surface area contributed by atoms with Crippen LogP contribution in [-0.4, -0.2) is 11.7 Å². The fourth-order valence-electron chi connectivity index (χ4n) is 2.34. The van der Waals surface area contributed by atoms with Crippen LogP contribution in [0.1, 0.15) is 29.7 Å². The molecule has 23 heavy (non-hydrogen) atoms. The summed E-state index contributed by atoms with van der Waals surface area (Å²) in [6.07, 6.45) is 2.72. The second kappa shape index (κ2) is 8.44. The summed E-state index contributed by atoms with van der Waals surface area (Å²) in [4.78, 5) is 0. The highest BCUT2D eigenvalue weighted by atomic mass is 32.1. The van der Waals surface area contributed by atoms with Gasteiger partial charge in [-0.25, -0.2) is 4.39 Å². The molecule has 0 spiro atoms. The molecule has 120 valence electrons. The van der Waals surface area contributed by atoms with E-state index in [4.69, 9.17) is 12.2 Å². The molecule has 0 saturated carbocycles. The lowest BCUT2D eigenvalue weighted by Gasteiger charge is -2.22. The first kappa shape index (κ1) is 17.2. The van der Waals surface area contributed by atoms with Crippen LogP contribution in [0.15, 0.2) is 61.2 Å². The molecule has 2 N–H and O–H groups in total.